The maximum atomic E-state index is 14.3. The molecule has 0 unspecified atom stereocenters. The molecule has 10 heteroatoms. The largest absolute Gasteiger partial charge is 0.457 e. The van der Waals surface area contributed by atoms with Gasteiger partial charge in [0.25, 0.3) is 10.0 Å². The van der Waals surface area contributed by atoms with Gasteiger partial charge in [0.15, 0.2) is 0 Å². The maximum Gasteiger partial charge on any atom is 0.264 e. The van der Waals surface area contributed by atoms with E-state index >= 15 is 0 Å². The smallest absolute Gasteiger partial charge is 0.264 e. The summed E-state index contributed by atoms with van der Waals surface area (Å²) in [6, 6.07) is 29.8. The number of hydrogen-bond acceptors (Lipinski definition) is 5. The topological polar surface area (TPSA) is 96.0 Å². The SMILES string of the molecule is CC[C@@H](C)NC(=O)[C@H](CC)N(Cc1ccccc1Cl)C(=O)CN(c1ccc(Oc2ccccc2)cc1)S(=O)(=O)c1ccccc1. The molecule has 0 aromatic heterocycles. The number of para-hydroxylation sites is 1. The van der Waals surface area contributed by atoms with Crippen molar-refractivity contribution in [2.24, 2.45) is 0 Å². The molecule has 0 aliphatic heterocycles. The van der Waals surface area contributed by atoms with Crippen molar-refractivity contribution in [3.63, 3.8) is 0 Å². The lowest BCUT2D eigenvalue weighted by Gasteiger charge is -2.34. The molecule has 0 heterocycles. The molecule has 0 bridgehead atoms. The minimum Gasteiger partial charge on any atom is -0.457 e. The van der Waals surface area contributed by atoms with Gasteiger partial charge >= 0.3 is 0 Å². The number of halogens is 1. The lowest BCUT2D eigenvalue weighted by Crippen LogP contribution is -2.53. The van der Waals surface area contributed by atoms with Crippen molar-refractivity contribution in [3.05, 3.63) is 120 Å². The van der Waals surface area contributed by atoms with E-state index in [1.54, 1.807) is 66.7 Å². The van der Waals surface area contributed by atoms with E-state index < -0.39 is 28.5 Å². The Labute approximate surface area is 270 Å². The van der Waals surface area contributed by atoms with Crippen LogP contribution in [0.1, 0.15) is 39.2 Å². The lowest BCUT2D eigenvalue weighted by atomic mass is 10.1. The van der Waals surface area contributed by atoms with Crippen LogP contribution in [-0.2, 0) is 26.2 Å². The molecule has 0 saturated heterocycles. The van der Waals surface area contributed by atoms with Gasteiger partial charge < -0.3 is 15.0 Å². The van der Waals surface area contributed by atoms with Gasteiger partial charge in [0.1, 0.15) is 24.1 Å². The molecule has 0 fully saturated rings. The maximum absolute atomic E-state index is 14.3. The standard InChI is InChI=1S/C35H38ClN3O5S/c1-4-26(3)37-35(41)33(5-2)38(24-27-14-12-13-19-32(27)36)34(40)25-39(45(42,43)31-17-10-7-11-18-31)28-20-22-30(23-21-28)44-29-15-8-6-9-16-29/h6-23,26,33H,4-5,24-25H2,1-3H3,(H,37,41)/t26-,33+/m1/s1. The van der Waals surface area contributed by atoms with Crippen LogP contribution in [0, 0.1) is 0 Å². The molecule has 1 N–H and O–H groups in total. The van der Waals surface area contributed by atoms with Crippen LogP contribution < -0.4 is 14.4 Å². The van der Waals surface area contributed by atoms with Crippen LogP contribution in [-0.4, -0.2) is 43.8 Å². The lowest BCUT2D eigenvalue weighted by molar-refractivity contribution is -0.140. The summed E-state index contributed by atoms with van der Waals surface area (Å²) in [4.78, 5) is 29.1. The summed E-state index contributed by atoms with van der Waals surface area (Å²) < 4.78 is 35.1. The Morgan fingerprint density at radius 2 is 1.38 bits per heavy atom. The fourth-order valence-corrected chi connectivity index (χ4v) is 6.35. The van der Waals surface area contributed by atoms with E-state index in [4.69, 9.17) is 16.3 Å². The van der Waals surface area contributed by atoms with Crippen molar-refractivity contribution in [1.82, 2.24) is 10.2 Å². The number of carbonyl (C=O) groups excluding carboxylic acids is 2. The van der Waals surface area contributed by atoms with E-state index in [2.05, 4.69) is 5.32 Å². The fourth-order valence-electron chi connectivity index (χ4n) is 4.72. The third kappa shape index (κ3) is 8.65. The first kappa shape index (κ1) is 33.6. The Balaban J connectivity index is 1.72. The third-order valence-electron chi connectivity index (χ3n) is 7.40. The van der Waals surface area contributed by atoms with E-state index in [1.807, 2.05) is 51.1 Å². The first-order valence-electron chi connectivity index (χ1n) is 14.9. The van der Waals surface area contributed by atoms with Gasteiger partial charge in [-0.1, -0.05) is 80.0 Å². The molecule has 0 spiro atoms. The molecule has 4 aromatic rings. The molecule has 2 atom stereocenters. The molecular formula is C35H38ClN3O5S. The van der Waals surface area contributed by atoms with E-state index in [1.165, 1.54) is 17.0 Å². The number of carbonyl (C=O) groups is 2. The molecule has 0 saturated carbocycles. The van der Waals surface area contributed by atoms with Gasteiger partial charge in [0, 0.05) is 17.6 Å². The number of rotatable bonds is 14. The summed E-state index contributed by atoms with van der Waals surface area (Å²) in [5.74, 6) is 0.268. The summed E-state index contributed by atoms with van der Waals surface area (Å²) in [5.41, 5.74) is 0.907. The van der Waals surface area contributed by atoms with E-state index in [-0.39, 0.29) is 29.1 Å². The summed E-state index contributed by atoms with van der Waals surface area (Å²) >= 11 is 6.48. The van der Waals surface area contributed by atoms with Gasteiger partial charge in [-0.15, -0.1) is 0 Å². The monoisotopic (exact) mass is 647 g/mol. The summed E-state index contributed by atoms with van der Waals surface area (Å²) in [6.45, 7) is 5.14. The minimum atomic E-state index is -4.19. The van der Waals surface area contributed by atoms with Crippen LogP contribution in [0.4, 0.5) is 5.69 Å². The van der Waals surface area contributed by atoms with Gasteiger partial charge in [-0.3, -0.25) is 13.9 Å². The zero-order chi connectivity index (χ0) is 32.4. The summed E-state index contributed by atoms with van der Waals surface area (Å²) in [5, 5.41) is 3.41. The molecule has 8 nitrogen and oxygen atoms in total. The normalized spacial score (nSPS) is 12.5. The first-order chi connectivity index (χ1) is 21.6. The van der Waals surface area contributed by atoms with E-state index in [0.717, 1.165) is 4.31 Å². The van der Waals surface area contributed by atoms with Crippen LogP contribution in [0.15, 0.2) is 114 Å². The second-order valence-corrected chi connectivity index (χ2v) is 12.9. The van der Waals surface area contributed by atoms with Crippen LogP contribution in [0.2, 0.25) is 5.02 Å². The van der Waals surface area contributed by atoms with Crippen molar-refractivity contribution in [2.75, 3.05) is 10.8 Å². The predicted octanol–water partition coefficient (Wildman–Crippen LogP) is 7.05. The minimum absolute atomic E-state index is 0.0218. The third-order valence-corrected chi connectivity index (χ3v) is 9.56. The number of benzene rings is 4. The zero-order valence-electron chi connectivity index (χ0n) is 25.6. The van der Waals surface area contributed by atoms with Gasteiger partial charge in [-0.05, 0) is 79.9 Å². The second-order valence-electron chi connectivity index (χ2n) is 10.6. The number of ether oxygens (including phenoxy) is 1. The van der Waals surface area contributed by atoms with Gasteiger partial charge in [0.2, 0.25) is 11.8 Å². The molecule has 4 aromatic carbocycles. The first-order valence-corrected chi connectivity index (χ1v) is 16.7. The number of hydrogen-bond donors (Lipinski definition) is 1. The van der Waals surface area contributed by atoms with Crippen molar-refractivity contribution in [1.29, 1.82) is 0 Å². The molecule has 0 aliphatic rings. The average molecular weight is 648 g/mol. The predicted molar refractivity (Wildman–Crippen MR) is 178 cm³/mol. The Morgan fingerprint density at radius 3 is 1.98 bits per heavy atom. The zero-order valence-corrected chi connectivity index (χ0v) is 27.2. The Hall–Kier alpha value is -4.34. The Bertz CT molecular complexity index is 1670. The van der Waals surface area contributed by atoms with Crippen LogP contribution in [0.25, 0.3) is 0 Å². The molecular weight excluding hydrogens is 610 g/mol. The summed E-state index contributed by atoms with van der Waals surface area (Å²) in [7, 11) is -4.19. The van der Waals surface area contributed by atoms with Crippen molar-refractivity contribution >= 4 is 39.1 Å². The van der Waals surface area contributed by atoms with Crippen molar-refractivity contribution in [2.45, 2.75) is 57.1 Å². The number of nitrogens with one attached hydrogen (secondary N) is 1. The van der Waals surface area contributed by atoms with Gasteiger partial charge in [-0.25, -0.2) is 8.42 Å². The molecule has 4 rings (SSSR count). The average Bonchev–Trinajstić information content (AvgIpc) is 3.05. The molecule has 236 valence electrons. The molecule has 45 heavy (non-hydrogen) atoms. The van der Waals surface area contributed by atoms with E-state index in [9.17, 15) is 18.0 Å². The highest BCUT2D eigenvalue weighted by Crippen LogP contribution is 2.29. The number of nitrogens with zero attached hydrogens (tertiary/aromatic N) is 2. The quantitative estimate of drug-likeness (QED) is 0.158. The highest BCUT2D eigenvalue weighted by atomic mass is 35.5. The highest BCUT2D eigenvalue weighted by molar-refractivity contribution is 7.92. The van der Waals surface area contributed by atoms with Crippen LogP contribution in [0.5, 0.6) is 11.5 Å². The Kier molecular flexibility index (Phi) is 11.6. The highest BCUT2D eigenvalue weighted by Gasteiger charge is 2.34. The Morgan fingerprint density at radius 1 is 0.800 bits per heavy atom. The van der Waals surface area contributed by atoms with Crippen molar-refractivity contribution < 1.29 is 22.7 Å². The number of amides is 2. The molecule has 2 amide bonds. The van der Waals surface area contributed by atoms with E-state index in [0.29, 0.717) is 34.9 Å². The summed E-state index contributed by atoms with van der Waals surface area (Å²) in [6.07, 6.45) is 1.03. The van der Waals surface area contributed by atoms with Gasteiger partial charge in [-0.2, -0.15) is 0 Å². The fraction of sp³-hybridized carbons (Fsp3) is 0.257. The van der Waals surface area contributed by atoms with Crippen molar-refractivity contribution in [3.8, 4) is 11.5 Å². The van der Waals surface area contributed by atoms with Gasteiger partial charge in [0.05, 0.1) is 10.6 Å². The molecule has 0 aliphatic carbocycles. The number of anilines is 1. The second kappa shape index (κ2) is 15.6. The van der Waals surface area contributed by atoms with Crippen LogP contribution in [0.3, 0.4) is 0 Å². The molecule has 0 radical (unpaired) electrons. The number of sulfonamides is 1. The van der Waals surface area contributed by atoms with Crippen LogP contribution >= 0.6 is 11.6 Å².